The van der Waals surface area contributed by atoms with Gasteiger partial charge in [-0.15, -0.1) is 0 Å². The van der Waals surface area contributed by atoms with E-state index in [1.807, 2.05) is 17.1 Å². The van der Waals surface area contributed by atoms with E-state index in [0.29, 0.717) is 19.1 Å². The summed E-state index contributed by atoms with van der Waals surface area (Å²) in [6, 6.07) is 8.97. The molecule has 0 radical (unpaired) electrons. The lowest BCUT2D eigenvalue weighted by molar-refractivity contribution is -0.185. The minimum absolute atomic E-state index is 0.162. The molecule has 1 aromatic heterocycles. The van der Waals surface area contributed by atoms with Gasteiger partial charge < -0.3 is 14.0 Å². The van der Waals surface area contributed by atoms with Gasteiger partial charge >= 0.3 is 0 Å². The minimum atomic E-state index is -0.558. The summed E-state index contributed by atoms with van der Waals surface area (Å²) in [5, 5.41) is 0. The summed E-state index contributed by atoms with van der Waals surface area (Å²) in [6.07, 6.45) is 9.89. The standard InChI is InChI=1S/C21H30N2O2/c1-4-5-18-6-8-19(9-7-18)10-11-21(15-23-13-12-22-16-23)24-14-20(25-21)17(2)3/h6-9,12-13,16-17,20H,4-5,10-11,14-15H2,1-3H3. The molecule has 25 heavy (non-hydrogen) atoms. The molecule has 4 heteroatoms. The Hall–Kier alpha value is -1.65. The maximum atomic E-state index is 6.40. The predicted molar refractivity (Wildman–Crippen MR) is 99.4 cm³/mol. The van der Waals surface area contributed by atoms with Gasteiger partial charge in [0.1, 0.15) is 0 Å². The first-order valence-corrected chi connectivity index (χ1v) is 9.45. The molecule has 1 aliphatic rings. The summed E-state index contributed by atoms with van der Waals surface area (Å²) >= 11 is 0. The van der Waals surface area contributed by atoms with Crippen LogP contribution in [0, 0.1) is 5.92 Å². The first-order valence-electron chi connectivity index (χ1n) is 9.45. The van der Waals surface area contributed by atoms with Crippen molar-refractivity contribution in [1.82, 2.24) is 9.55 Å². The Balaban J connectivity index is 1.67. The summed E-state index contributed by atoms with van der Waals surface area (Å²) in [4.78, 5) is 4.15. The Labute approximate surface area is 151 Å². The fourth-order valence-corrected chi connectivity index (χ4v) is 3.35. The first-order chi connectivity index (χ1) is 12.1. The molecule has 0 N–H and O–H groups in total. The van der Waals surface area contributed by atoms with Crippen LogP contribution in [-0.4, -0.2) is 28.0 Å². The number of imidazole rings is 1. The predicted octanol–water partition coefficient (Wildman–Crippen LogP) is 4.24. The molecule has 1 aliphatic heterocycles. The van der Waals surface area contributed by atoms with E-state index >= 15 is 0 Å². The highest BCUT2D eigenvalue weighted by molar-refractivity contribution is 5.22. The Morgan fingerprint density at radius 2 is 1.92 bits per heavy atom. The van der Waals surface area contributed by atoms with E-state index in [0.717, 1.165) is 19.3 Å². The van der Waals surface area contributed by atoms with Gasteiger partial charge in [0.15, 0.2) is 5.79 Å². The topological polar surface area (TPSA) is 36.3 Å². The number of aryl methyl sites for hydroxylation is 2. The van der Waals surface area contributed by atoms with Gasteiger partial charge in [-0.25, -0.2) is 4.98 Å². The Morgan fingerprint density at radius 3 is 2.48 bits per heavy atom. The molecule has 2 atom stereocenters. The average molecular weight is 342 g/mol. The van der Waals surface area contributed by atoms with Gasteiger partial charge in [-0.3, -0.25) is 0 Å². The first kappa shape index (κ1) is 18.2. The van der Waals surface area contributed by atoms with Crippen LogP contribution in [0.15, 0.2) is 43.0 Å². The SMILES string of the molecule is CCCc1ccc(CCC2(Cn3ccnc3)OCC(C(C)C)O2)cc1. The summed E-state index contributed by atoms with van der Waals surface area (Å²) in [5.74, 6) is -0.101. The second kappa shape index (κ2) is 8.15. The maximum Gasteiger partial charge on any atom is 0.187 e. The summed E-state index contributed by atoms with van der Waals surface area (Å²) in [5.41, 5.74) is 2.75. The number of hydrogen-bond acceptors (Lipinski definition) is 3. The lowest BCUT2D eigenvalue weighted by Gasteiger charge is -2.29. The van der Waals surface area contributed by atoms with Crippen LogP contribution in [0.25, 0.3) is 0 Å². The van der Waals surface area contributed by atoms with Crippen molar-refractivity contribution in [2.75, 3.05) is 6.61 Å². The van der Waals surface area contributed by atoms with Gasteiger partial charge in [0.2, 0.25) is 0 Å². The Kier molecular flexibility index (Phi) is 5.92. The van der Waals surface area contributed by atoms with Crippen molar-refractivity contribution in [2.24, 2.45) is 5.92 Å². The number of benzene rings is 1. The van der Waals surface area contributed by atoms with E-state index in [4.69, 9.17) is 9.47 Å². The Morgan fingerprint density at radius 1 is 1.20 bits per heavy atom. The number of hydrogen-bond donors (Lipinski definition) is 0. The van der Waals surface area contributed by atoms with Crippen molar-refractivity contribution < 1.29 is 9.47 Å². The lowest BCUT2D eigenvalue weighted by atomic mass is 10.0. The normalized spacial score (nSPS) is 23.4. The Bertz CT molecular complexity index is 636. The number of ether oxygens (including phenoxy) is 2. The molecule has 2 heterocycles. The van der Waals surface area contributed by atoms with Crippen LogP contribution < -0.4 is 0 Å². The van der Waals surface area contributed by atoms with E-state index in [1.165, 1.54) is 17.5 Å². The van der Waals surface area contributed by atoms with Crippen molar-refractivity contribution >= 4 is 0 Å². The van der Waals surface area contributed by atoms with Gasteiger partial charge in [-0.1, -0.05) is 51.5 Å². The van der Waals surface area contributed by atoms with Gasteiger partial charge in [0.25, 0.3) is 0 Å². The van der Waals surface area contributed by atoms with Crippen LogP contribution in [0.5, 0.6) is 0 Å². The highest BCUT2D eigenvalue weighted by Gasteiger charge is 2.42. The van der Waals surface area contributed by atoms with Crippen LogP contribution in [0.4, 0.5) is 0 Å². The van der Waals surface area contributed by atoms with E-state index in [1.54, 1.807) is 6.20 Å². The molecule has 0 aliphatic carbocycles. The zero-order chi connectivity index (χ0) is 17.7. The molecular formula is C21H30N2O2. The molecule has 3 rings (SSSR count). The summed E-state index contributed by atoms with van der Waals surface area (Å²) in [6.45, 7) is 7.95. The maximum absolute atomic E-state index is 6.40. The van der Waals surface area contributed by atoms with Crippen LogP contribution in [0.2, 0.25) is 0 Å². The fourth-order valence-electron chi connectivity index (χ4n) is 3.35. The zero-order valence-electron chi connectivity index (χ0n) is 15.6. The zero-order valence-corrected chi connectivity index (χ0v) is 15.6. The monoisotopic (exact) mass is 342 g/mol. The van der Waals surface area contributed by atoms with Crippen LogP contribution in [0.3, 0.4) is 0 Å². The van der Waals surface area contributed by atoms with Crippen molar-refractivity contribution in [3.63, 3.8) is 0 Å². The molecule has 0 spiro atoms. The molecular weight excluding hydrogens is 312 g/mol. The molecule has 0 bridgehead atoms. The molecule has 136 valence electrons. The third-order valence-corrected chi connectivity index (χ3v) is 4.96. The van der Waals surface area contributed by atoms with Gasteiger partial charge in [0.05, 0.1) is 25.6 Å². The van der Waals surface area contributed by atoms with Crippen LogP contribution >= 0.6 is 0 Å². The highest BCUT2D eigenvalue weighted by Crippen LogP contribution is 2.33. The lowest BCUT2D eigenvalue weighted by Crippen LogP contribution is -2.37. The van der Waals surface area contributed by atoms with Crippen molar-refractivity contribution in [3.8, 4) is 0 Å². The van der Waals surface area contributed by atoms with Gasteiger partial charge in [-0.05, 0) is 29.9 Å². The van der Waals surface area contributed by atoms with Crippen molar-refractivity contribution in [1.29, 1.82) is 0 Å². The van der Waals surface area contributed by atoms with Gasteiger partial charge in [-0.2, -0.15) is 0 Å². The van der Waals surface area contributed by atoms with E-state index < -0.39 is 5.79 Å². The molecule has 1 saturated heterocycles. The molecule has 1 fully saturated rings. The average Bonchev–Trinajstić information content (AvgIpc) is 3.25. The number of nitrogens with zero attached hydrogens (tertiary/aromatic N) is 2. The third-order valence-electron chi connectivity index (χ3n) is 4.96. The van der Waals surface area contributed by atoms with Crippen LogP contribution in [0.1, 0.15) is 44.7 Å². The van der Waals surface area contributed by atoms with E-state index in [9.17, 15) is 0 Å². The molecule has 0 amide bonds. The fraction of sp³-hybridized carbons (Fsp3) is 0.571. The molecule has 0 saturated carbocycles. The van der Waals surface area contributed by atoms with Crippen LogP contribution in [-0.2, 0) is 28.9 Å². The molecule has 4 nitrogen and oxygen atoms in total. The molecule has 1 aromatic carbocycles. The number of aromatic nitrogens is 2. The second-order valence-corrected chi connectivity index (χ2v) is 7.42. The van der Waals surface area contributed by atoms with Crippen molar-refractivity contribution in [3.05, 3.63) is 54.1 Å². The smallest absolute Gasteiger partial charge is 0.187 e. The molecule has 2 aromatic rings. The number of rotatable bonds is 8. The van der Waals surface area contributed by atoms with E-state index in [-0.39, 0.29) is 6.10 Å². The largest absolute Gasteiger partial charge is 0.345 e. The minimum Gasteiger partial charge on any atom is -0.345 e. The van der Waals surface area contributed by atoms with E-state index in [2.05, 4.69) is 50.0 Å². The third kappa shape index (κ3) is 4.71. The second-order valence-electron chi connectivity index (χ2n) is 7.42. The summed E-state index contributed by atoms with van der Waals surface area (Å²) in [7, 11) is 0. The molecule has 2 unspecified atom stereocenters. The quantitative estimate of drug-likeness (QED) is 0.720. The van der Waals surface area contributed by atoms with Crippen molar-refractivity contribution in [2.45, 2.75) is 64.9 Å². The summed E-state index contributed by atoms with van der Waals surface area (Å²) < 4.78 is 14.6. The van der Waals surface area contributed by atoms with Gasteiger partial charge in [0, 0.05) is 18.8 Å². The highest BCUT2D eigenvalue weighted by atomic mass is 16.7.